The summed E-state index contributed by atoms with van der Waals surface area (Å²) >= 11 is 0. The van der Waals surface area contributed by atoms with Crippen LogP contribution >= 0.6 is 0 Å². The van der Waals surface area contributed by atoms with Crippen LogP contribution in [-0.2, 0) is 10.0 Å². The first-order chi connectivity index (χ1) is 8.89. The Labute approximate surface area is 111 Å². The molecule has 7 nitrogen and oxygen atoms in total. The quantitative estimate of drug-likeness (QED) is 0.751. The molecule has 1 heterocycles. The van der Waals surface area contributed by atoms with E-state index in [0.717, 1.165) is 12.8 Å². The fraction of sp³-hybridized carbons (Fsp3) is 0.455. The molecule has 1 aromatic rings. The molecule has 0 radical (unpaired) electrons. The standard InChI is InChI=1S/C11H15N3O4S/c1-3-6-14(8-4-5-8)19(17,18)10-7(2)12-13-9(10)11(15)16/h3,8H,1,4-6H2,2H3,(H,12,13)(H,15,16). The molecule has 1 saturated carbocycles. The van der Waals surface area contributed by atoms with Crippen LogP contribution in [0.1, 0.15) is 29.0 Å². The second kappa shape index (κ2) is 4.78. The fourth-order valence-corrected chi connectivity index (χ4v) is 3.88. The number of hydrogen-bond acceptors (Lipinski definition) is 4. The molecule has 2 rings (SSSR count). The summed E-state index contributed by atoms with van der Waals surface area (Å²) < 4.78 is 26.4. The van der Waals surface area contributed by atoms with Gasteiger partial charge in [-0.1, -0.05) is 6.08 Å². The van der Waals surface area contributed by atoms with Crippen LogP contribution in [0.5, 0.6) is 0 Å². The Morgan fingerprint density at radius 3 is 2.74 bits per heavy atom. The van der Waals surface area contributed by atoms with Crippen molar-refractivity contribution >= 4 is 16.0 Å². The molecule has 1 aromatic heterocycles. The van der Waals surface area contributed by atoms with Crippen molar-refractivity contribution in [1.82, 2.24) is 14.5 Å². The minimum Gasteiger partial charge on any atom is -0.476 e. The van der Waals surface area contributed by atoms with Gasteiger partial charge in [0.15, 0.2) is 5.69 Å². The van der Waals surface area contributed by atoms with Gasteiger partial charge >= 0.3 is 5.97 Å². The van der Waals surface area contributed by atoms with Crippen LogP contribution < -0.4 is 0 Å². The van der Waals surface area contributed by atoms with Gasteiger partial charge in [0, 0.05) is 12.6 Å². The first-order valence-corrected chi connectivity index (χ1v) is 7.24. The van der Waals surface area contributed by atoms with Crippen molar-refractivity contribution in [2.75, 3.05) is 6.54 Å². The molecule has 0 unspecified atom stereocenters. The average molecular weight is 285 g/mol. The highest BCUT2D eigenvalue weighted by Gasteiger charge is 2.40. The maximum Gasteiger partial charge on any atom is 0.357 e. The van der Waals surface area contributed by atoms with Gasteiger partial charge in [-0.25, -0.2) is 13.2 Å². The number of H-pyrrole nitrogens is 1. The first kappa shape index (κ1) is 13.8. The highest BCUT2D eigenvalue weighted by atomic mass is 32.2. The zero-order valence-corrected chi connectivity index (χ0v) is 11.3. The lowest BCUT2D eigenvalue weighted by Crippen LogP contribution is -2.34. The number of aryl methyl sites for hydroxylation is 1. The van der Waals surface area contributed by atoms with E-state index in [4.69, 9.17) is 5.11 Å². The van der Waals surface area contributed by atoms with E-state index in [9.17, 15) is 13.2 Å². The number of carboxylic acids is 1. The fourth-order valence-electron chi connectivity index (χ4n) is 1.93. The lowest BCUT2D eigenvalue weighted by molar-refractivity contribution is 0.0686. The van der Waals surface area contributed by atoms with Crippen molar-refractivity contribution in [3.8, 4) is 0 Å². The summed E-state index contributed by atoms with van der Waals surface area (Å²) in [5.41, 5.74) is -0.237. The Balaban J connectivity index is 2.51. The molecule has 0 bridgehead atoms. The SMILES string of the molecule is C=CCN(C1CC1)S(=O)(=O)c1c(C(=O)O)n[nH]c1C. The van der Waals surface area contributed by atoms with Gasteiger partial charge in [-0.2, -0.15) is 9.40 Å². The molecular weight excluding hydrogens is 270 g/mol. The van der Waals surface area contributed by atoms with Gasteiger partial charge in [0.25, 0.3) is 0 Å². The second-order valence-electron chi connectivity index (χ2n) is 4.43. The molecule has 104 valence electrons. The molecule has 8 heteroatoms. The molecule has 1 aliphatic carbocycles. The smallest absolute Gasteiger partial charge is 0.357 e. The third-order valence-electron chi connectivity index (χ3n) is 2.92. The molecule has 1 fully saturated rings. The van der Waals surface area contributed by atoms with Crippen LogP contribution in [0, 0.1) is 6.92 Å². The summed E-state index contributed by atoms with van der Waals surface area (Å²) in [5, 5.41) is 15.0. The number of aromatic carboxylic acids is 1. The molecular formula is C11H15N3O4S. The zero-order valence-electron chi connectivity index (χ0n) is 10.5. The van der Waals surface area contributed by atoms with Crippen LogP contribution in [0.3, 0.4) is 0 Å². The number of nitrogens with one attached hydrogen (secondary N) is 1. The lowest BCUT2D eigenvalue weighted by atomic mass is 10.4. The van der Waals surface area contributed by atoms with Crippen LogP contribution in [0.25, 0.3) is 0 Å². The van der Waals surface area contributed by atoms with E-state index in [1.165, 1.54) is 17.3 Å². The normalized spacial score (nSPS) is 15.7. The number of hydrogen-bond donors (Lipinski definition) is 2. The highest BCUT2D eigenvalue weighted by molar-refractivity contribution is 7.89. The van der Waals surface area contributed by atoms with Gasteiger partial charge in [0.05, 0.1) is 5.69 Å². The summed E-state index contributed by atoms with van der Waals surface area (Å²) in [7, 11) is -3.88. The Hall–Kier alpha value is -1.67. The van der Waals surface area contributed by atoms with Crippen LogP contribution in [0.4, 0.5) is 0 Å². The topological polar surface area (TPSA) is 103 Å². The predicted octanol–water partition coefficient (Wildman–Crippen LogP) is 0.755. The van der Waals surface area contributed by atoms with Crippen LogP contribution in [0.15, 0.2) is 17.6 Å². The minimum atomic E-state index is -3.88. The molecule has 0 amide bonds. The number of aromatic nitrogens is 2. The van der Waals surface area contributed by atoms with Gasteiger partial charge in [-0.3, -0.25) is 5.10 Å². The summed E-state index contributed by atoms with van der Waals surface area (Å²) in [5.74, 6) is -1.36. The third-order valence-corrected chi connectivity index (χ3v) is 5.00. The van der Waals surface area contributed by atoms with Gasteiger partial charge in [-0.15, -0.1) is 6.58 Å². The molecule has 0 aliphatic heterocycles. The van der Waals surface area contributed by atoms with Crippen LogP contribution in [0.2, 0.25) is 0 Å². The van der Waals surface area contributed by atoms with Gasteiger partial charge < -0.3 is 5.11 Å². The number of aromatic amines is 1. The van der Waals surface area contributed by atoms with Crippen molar-refractivity contribution in [3.05, 3.63) is 24.0 Å². The molecule has 1 aliphatic rings. The van der Waals surface area contributed by atoms with E-state index in [2.05, 4.69) is 16.8 Å². The Morgan fingerprint density at radius 2 is 2.26 bits per heavy atom. The Morgan fingerprint density at radius 1 is 1.63 bits per heavy atom. The number of sulfonamides is 1. The highest BCUT2D eigenvalue weighted by Crippen LogP contribution is 2.33. The van der Waals surface area contributed by atoms with Crippen molar-refractivity contribution < 1.29 is 18.3 Å². The third kappa shape index (κ3) is 2.41. The van der Waals surface area contributed by atoms with E-state index in [-0.39, 0.29) is 23.2 Å². The van der Waals surface area contributed by atoms with Gasteiger partial charge in [0.1, 0.15) is 4.90 Å². The monoisotopic (exact) mass is 285 g/mol. The minimum absolute atomic E-state index is 0.0704. The Kier molecular flexibility index (Phi) is 3.46. The predicted molar refractivity (Wildman–Crippen MR) is 67.4 cm³/mol. The van der Waals surface area contributed by atoms with E-state index >= 15 is 0 Å². The summed E-state index contributed by atoms with van der Waals surface area (Å²) in [6, 6.07) is -0.0704. The van der Waals surface area contributed by atoms with E-state index in [0.29, 0.717) is 0 Å². The molecule has 0 aromatic carbocycles. The first-order valence-electron chi connectivity index (χ1n) is 5.80. The number of carbonyl (C=O) groups is 1. The van der Waals surface area contributed by atoms with Gasteiger partial charge in [0.2, 0.25) is 10.0 Å². The zero-order chi connectivity index (χ0) is 14.2. The van der Waals surface area contributed by atoms with E-state index in [1.807, 2.05) is 0 Å². The van der Waals surface area contributed by atoms with Crippen molar-refractivity contribution in [2.24, 2.45) is 0 Å². The largest absolute Gasteiger partial charge is 0.476 e. The van der Waals surface area contributed by atoms with Crippen molar-refractivity contribution in [1.29, 1.82) is 0 Å². The average Bonchev–Trinajstić information content (AvgIpc) is 3.07. The van der Waals surface area contributed by atoms with Gasteiger partial charge in [-0.05, 0) is 19.8 Å². The maximum atomic E-state index is 12.6. The molecule has 0 atom stereocenters. The summed E-state index contributed by atoms with van der Waals surface area (Å²) in [6.45, 7) is 5.19. The lowest BCUT2D eigenvalue weighted by Gasteiger charge is -2.20. The van der Waals surface area contributed by atoms with Crippen molar-refractivity contribution in [3.63, 3.8) is 0 Å². The molecule has 19 heavy (non-hydrogen) atoms. The number of nitrogens with zero attached hydrogens (tertiary/aromatic N) is 2. The maximum absolute atomic E-state index is 12.6. The van der Waals surface area contributed by atoms with Crippen molar-refractivity contribution in [2.45, 2.75) is 30.7 Å². The summed E-state index contributed by atoms with van der Waals surface area (Å²) in [4.78, 5) is 10.8. The Bertz CT molecular complexity index is 616. The number of carboxylic acid groups (broad SMARTS) is 1. The van der Waals surface area contributed by atoms with Crippen LogP contribution in [-0.4, -0.2) is 46.6 Å². The van der Waals surface area contributed by atoms with E-state index in [1.54, 1.807) is 0 Å². The second-order valence-corrected chi connectivity index (χ2v) is 6.25. The number of rotatable bonds is 6. The summed E-state index contributed by atoms with van der Waals surface area (Å²) in [6.07, 6.45) is 3.06. The molecule has 2 N–H and O–H groups in total. The van der Waals surface area contributed by atoms with E-state index < -0.39 is 21.7 Å². The molecule has 0 saturated heterocycles. The molecule has 0 spiro atoms.